The van der Waals surface area contributed by atoms with Crippen molar-refractivity contribution in [2.24, 2.45) is 14.0 Å². The van der Waals surface area contributed by atoms with Crippen molar-refractivity contribution in [3.63, 3.8) is 0 Å². The van der Waals surface area contributed by atoms with E-state index in [2.05, 4.69) is 14.0 Å². The summed E-state index contributed by atoms with van der Waals surface area (Å²) in [4.78, 5) is 0. The molecule has 0 bridgehead atoms. The Labute approximate surface area is 32.7 Å². The van der Waals surface area contributed by atoms with E-state index < -0.39 is 14.2 Å². The van der Waals surface area contributed by atoms with Gasteiger partial charge in [0.05, 0.1) is 0 Å². The van der Waals surface area contributed by atoms with Gasteiger partial charge in [0, 0.05) is 0 Å². The molecule has 0 aromatic carbocycles. The second-order valence-corrected chi connectivity index (χ2v) is 3.97. The van der Waals surface area contributed by atoms with Crippen LogP contribution in [-0.2, 0) is 3.74 Å². The van der Waals surface area contributed by atoms with Gasteiger partial charge >= 0.3 is 31.9 Å². The van der Waals surface area contributed by atoms with Crippen LogP contribution in [0.3, 0.4) is 0 Å². The van der Waals surface area contributed by atoms with E-state index in [9.17, 15) is 3.74 Å². The summed E-state index contributed by atoms with van der Waals surface area (Å²) in [5.74, 6) is 0. The molecular weight excluding hydrogens is 133 g/mol. The standard InChI is InChI=1S/AsH6N3O/c2-1(3,4)5/h(H6,2,3,4,5). The van der Waals surface area contributed by atoms with E-state index in [1.807, 2.05) is 0 Å². The summed E-state index contributed by atoms with van der Waals surface area (Å²) in [6.45, 7) is 0. The van der Waals surface area contributed by atoms with Gasteiger partial charge in [-0.15, -0.1) is 0 Å². The third-order valence-electron chi connectivity index (χ3n) is 0. The summed E-state index contributed by atoms with van der Waals surface area (Å²) in [6.07, 6.45) is 0. The zero-order valence-corrected chi connectivity index (χ0v) is 4.46. The van der Waals surface area contributed by atoms with Crippen molar-refractivity contribution in [1.82, 2.24) is 0 Å². The summed E-state index contributed by atoms with van der Waals surface area (Å²) < 4.78 is 23.2. The molecule has 0 saturated heterocycles. The van der Waals surface area contributed by atoms with Gasteiger partial charge in [-0.25, -0.2) is 0 Å². The SMILES string of the molecule is N[As](N)(N)=O. The van der Waals surface area contributed by atoms with Crippen LogP contribution in [0.15, 0.2) is 0 Å². The van der Waals surface area contributed by atoms with E-state index in [0.717, 1.165) is 0 Å². The average Bonchev–Trinajstić information content (AvgIpc) is 0.722. The van der Waals surface area contributed by atoms with Crippen LogP contribution >= 0.6 is 0 Å². The maximum absolute atomic E-state index is 9.61. The van der Waals surface area contributed by atoms with Crippen molar-refractivity contribution in [1.29, 1.82) is 0 Å². The molecule has 0 heterocycles. The fraction of sp³-hybridized carbons (Fsp3) is 0. The molecular formula is H6AsN3O. The molecule has 0 unspecified atom stereocenters. The Kier molecular flexibility index (Phi) is 1.20. The van der Waals surface area contributed by atoms with Crippen LogP contribution in [0, 0.1) is 0 Å². The molecule has 0 radical (unpaired) electrons. The number of hydrogen-bond acceptors (Lipinski definition) is 1. The van der Waals surface area contributed by atoms with Gasteiger partial charge in [0.2, 0.25) is 0 Å². The molecule has 5 heteroatoms. The van der Waals surface area contributed by atoms with Gasteiger partial charge in [-0.2, -0.15) is 0 Å². The van der Waals surface area contributed by atoms with Crippen LogP contribution in [-0.4, -0.2) is 14.2 Å². The van der Waals surface area contributed by atoms with E-state index >= 15 is 0 Å². The average molecular weight is 139 g/mol. The van der Waals surface area contributed by atoms with Crippen molar-refractivity contribution in [3.05, 3.63) is 0 Å². The Hall–Kier alpha value is 0.238. The Morgan fingerprint density at radius 1 is 1.20 bits per heavy atom. The number of hydrogen-bond donors (Lipinski definition) is 3. The second-order valence-electron chi connectivity index (χ2n) is 0.763. The molecule has 0 aliphatic rings. The van der Waals surface area contributed by atoms with E-state index in [1.165, 1.54) is 0 Å². The molecule has 0 aliphatic carbocycles. The normalized spacial score (nSPS) is 11.8. The van der Waals surface area contributed by atoms with Gasteiger partial charge in [-0.3, -0.25) is 0 Å². The first kappa shape index (κ1) is 5.24. The first-order valence-electron chi connectivity index (χ1n) is 0.957. The van der Waals surface area contributed by atoms with Gasteiger partial charge in [0.15, 0.2) is 0 Å². The van der Waals surface area contributed by atoms with E-state index in [4.69, 9.17) is 0 Å². The first-order valence-corrected chi connectivity index (χ1v) is 4.97. The number of nitrogens with two attached hydrogens (primary N) is 3. The van der Waals surface area contributed by atoms with E-state index in [0.29, 0.717) is 0 Å². The molecule has 0 saturated carbocycles. The van der Waals surface area contributed by atoms with E-state index in [-0.39, 0.29) is 0 Å². The second kappa shape index (κ2) is 1.14. The van der Waals surface area contributed by atoms with Crippen LogP contribution in [0.4, 0.5) is 0 Å². The molecule has 0 aromatic rings. The van der Waals surface area contributed by atoms with Gasteiger partial charge in [-0.05, 0) is 0 Å². The Morgan fingerprint density at radius 2 is 1.20 bits per heavy atom. The Balaban J connectivity index is 3.47. The summed E-state index contributed by atoms with van der Waals surface area (Å²) in [5.41, 5.74) is 0. The molecule has 0 rings (SSSR count). The zero-order chi connectivity index (χ0) is 4.50. The zero-order valence-electron chi connectivity index (χ0n) is 2.59. The molecule has 0 atom stereocenters. The van der Waals surface area contributed by atoms with Crippen molar-refractivity contribution in [2.45, 2.75) is 0 Å². The Bertz CT molecular complexity index is 53.0. The van der Waals surface area contributed by atoms with Crippen molar-refractivity contribution in [2.75, 3.05) is 0 Å². The molecule has 4 nitrogen and oxygen atoms in total. The van der Waals surface area contributed by atoms with E-state index in [1.54, 1.807) is 0 Å². The summed E-state index contributed by atoms with van der Waals surface area (Å²) in [7, 11) is 0. The summed E-state index contributed by atoms with van der Waals surface area (Å²) in [5, 5.41) is 0. The molecule has 5 heavy (non-hydrogen) atoms. The van der Waals surface area contributed by atoms with Gasteiger partial charge in [-0.1, -0.05) is 0 Å². The minimum atomic E-state index is -3.62. The molecule has 6 N–H and O–H groups in total. The maximum atomic E-state index is 9.61. The topological polar surface area (TPSA) is 95.1 Å². The summed E-state index contributed by atoms with van der Waals surface area (Å²) >= 11 is -3.62. The predicted octanol–water partition coefficient (Wildman–Crippen LogP) is -2.27. The first-order chi connectivity index (χ1) is 2.00. The van der Waals surface area contributed by atoms with Crippen molar-refractivity contribution >= 4 is 14.2 Å². The van der Waals surface area contributed by atoms with Crippen LogP contribution < -0.4 is 14.0 Å². The molecule has 0 aliphatic heterocycles. The van der Waals surface area contributed by atoms with Crippen molar-refractivity contribution in [3.8, 4) is 0 Å². The quantitative estimate of drug-likeness (QED) is 0.329. The Morgan fingerprint density at radius 3 is 1.20 bits per heavy atom. The molecule has 0 aromatic heterocycles. The monoisotopic (exact) mass is 139 g/mol. The van der Waals surface area contributed by atoms with Crippen LogP contribution in [0.25, 0.3) is 0 Å². The van der Waals surface area contributed by atoms with Gasteiger partial charge in [0.1, 0.15) is 0 Å². The number of rotatable bonds is 0. The fourth-order valence-electron chi connectivity index (χ4n) is 0. The van der Waals surface area contributed by atoms with Crippen LogP contribution in [0.2, 0.25) is 0 Å². The third-order valence-corrected chi connectivity index (χ3v) is 0. The van der Waals surface area contributed by atoms with Crippen LogP contribution in [0.5, 0.6) is 0 Å². The molecule has 0 spiro atoms. The molecule has 0 amide bonds. The van der Waals surface area contributed by atoms with Gasteiger partial charge < -0.3 is 0 Å². The van der Waals surface area contributed by atoms with Crippen LogP contribution in [0.1, 0.15) is 0 Å². The predicted molar refractivity (Wildman–Crippen MR) is 19.0 cm³/mol. The van der Waals surface area contributed by atoms with Crippen molar-refractivity contribution < 1.29 is 3.74 Å². The molecule has 0 fully saturated rings. The van der Waals surface area contributed by atoms with Gasteiger partial charge in [0.25, 0.3) is 0 Å². The third kappa shape index (κ3) is 374. The molecule has 32 valence electrons. The minimum absolute atomic E-state index is 3.62. The fourth-order valence-corrected chi connectivity index (χ4v) is 0. The summed E-state index contributed by atoms with van der Waals surface area (Å²) in [6, 6.07) is 0.